The molecule has 3 nitrogen and oxygen atoms in total. The second-order valence-corrected chi connectivity index (χ2v) is 7.44. The Labute approximate surface area is 158 Å². The number of rotatable bonds is 18. The van der Waals surface area contributed by atoms with Crippen LogP contribution in [-0.4, -0.2) is 58.1 Å². The van der Waals surface area contributed by atoms with Crippen LogP contribution in [-0.2, 0) is 9.47 Å². The fourth-order valence-electron chi connectivity index (χ4n) is 2.67. The van der Waals surface area contributed by atoms with Gasteiger partial charge in [-0.25, -0.2) is 0 Å². The molecule has 0 aromatic carbocycles. The Kier molecular flexibility index (Phi) is 21.4. The molecule has 0 bridgehead atoms. The zero-order valence-corrected chi connectivity index (χ0v) is 17.7. The van der Waals surface area contributed by atoms with Crippen molar-refractivity contribution in [3.63, 3.8) is 0 Å². The molecule has 24 heavy (non-hydrogen) atoms. The van der Waals surface area contributed by atoms with E-state index in [2.05, 4.69) is 27.9 Å². The van der Waals surface area contributed by atoms with Crippen LogP contribution in [0.2, 0.25) is 0 Å². The number of ether oxygens (including phenoxy) is 2. The first-order chi connectivity index (χ1) is 11.1. The van der Waals surface area contributed by atoms with Gasteiger partial charge < -0.3 is 26.4 Å². The number of hydrogen-bond donors (Lipinski definition) is 0. The van der Waals surface area contributed by atoms with Crippen molar-refractivity contribution in [3.05, 3.63) is 0 Å². The molecule has 0 amide bonds. The van der Waals surface area contributed by atoms with Gasteiger partial charge in [0.25, 0.3) is 0 Å². The molecule has 4 heteroatoms. The van der Waals surface area contributed by atoms with Crippen molar-refractivity contribution in [1.29, 1.82) is 0 Å². The first kappa shape index (κ1) is 26.4. The number of likely N-dealkylation sites (N-methyl/N-ethyl adjacent to an activating group) is 1. The van der Waals surface area contributed by atoms with Gasteiger partial charge in [0, 0.05) is 6.61 Å². The highest BCUT2D eigenvalue weighted by Gasteiger charge is 2.13. The second-order valence-electron chi connectivity index (χ2n) is 7.44. The molecular formula is C20H44ClNO2. The Bertz CT molecular complexity index is 216. The van der Waals surface area contributed by atoms with Gasteiger partial charge in [0.2, 0.25) is 0 Å². The van der Waals surface area contributed by atoms with Gasteiger partial charge in [-0.15, -0.1) is 0 Å². The van der Waals surface area contributed by atoms with Gasteiger partial charge in [-0.1, -0.05) is 58.8 Å². The van der Waals surface area contributed by atoms with Gasteiger partial charge in [-0.3, -0.25) is 0 Å². The van der Waals surface area contributed by atoms with Crippen molar-refractivity contribution >= 4 is 0 Å². The van der Waals surface area contributed by atoms with Crippen molar-refractivity contribution in [1.82, 2.24) is 0 Å². The highest BCUT2D eigenvalue weighted by molar-refractivity contribution is 4.46. The summed E-state index contributed by atoms with van der Waals surface area (Å²) >= 11 is 0. The summed E-state index contributed by atoms with van der Waals surface area (Å²) in [6.45, 7) is 10.0. The van der Waals surface area contributed by atoms with E-state index in [0.29, 0.717) is 0 Å². The minimum absolute atomic E-state index is 0. The first-order valence-corrected chi connectivity index (χ1v) is 10.1. The maximum atomic E-state index is 5.69. The van der Waals surface area contributed by atoms with Crippen molar-refractivity contribution < 1.29 is 26.4 Å². The number of hydrogen-bond acceptors (Lipinski definition) is 2. The van der Waals surface area contributed by atoms with Crippen LogP contribution in [0.15, 0.2) is 0 Å². The second kappa shape index (κ2) is 19.5. The summed E-state index contributed by atoms with van der Waals surface area (Å²) in [5, 5.41) is 0. The monoisotopic (exact) mass is 365 g/mol. The van der Waals surface area contributed by atoms with Gasteiger partial charge in [0.05, 0.1) is 40.5 Å². The lowest BCUT2D eigenvalue weighted by molar-refractivity contribution is -0.891. The van der Waals surface area contributed by atoms with E-state index in [4.69, 9.17) is 9.47 Å². The minimum atomic E-state index is 0. The van der Waals surface area contributed by atoms with Crippen LogP contribution in [0.3, 0.4) is 0 Å². The highest BCUT2D eigenvalue weighted by atomic mass is 35.5. The Balaban J connectivity index is 0. The molecule has 0 aliphatic rings. The predicted octanol–water partition coefficient (Wildman–Crippen LogP) is 2.04. The smallest absolute Gasteiger partial charge is 0.102 e. The Hall–Kier alpha value is 0.170. The summed E-state index contributed by atoms with van der Waals surface area (Å²) in [5.41, 5.74) is 0. The van der Waals surface area contributed by atoms with Crippen LogP contribution >= 0.6 is 0 Å². The first-order valence-electron chi connectivity index (χ1n) is 10.1. The Morgan fingerprint density at radius 3 is 1.62 bits per heavy atom. The quantitative estimate of drug-likeness (QED) is 0.273. The zero-order valence-electron chi connectivity index (χ0n) is 17.0. The molecule has 0 fully saturated rings. The van der Waals surface area contributed by atoms with Crippen molar-refractivity contribution in [2.24, 2.45) is 0 Å². The Morgan fingerprint density at radius 1 is 0.542 bits per heavy atom. The summed E-state index contributed by atoms with van der Waals surface area (Å²) < 4.78 is 12.3. The average Bonchev–Trinajstić information content (AvgIpc) is 2.52. The van der Waals surface area contributed by atoms with Crippen LogP contribution in [0.4, 0.5) is 0 Å². The van der Waals surface area contributed by atoms with Gasteiger partial charge in [0.1, 0.15) is 6.54 Å². The van der Waals surface area contributed by atoms with E-state index in [1.165, 1.54) is 64.3 Å². The molecule has 0 aromatic rings. The van der Waals surface area contributed by atoms with E-state index in [1.54, 1.807) is 0 Å². The van der Waals surface area contributed by atoms with Crippen LogP contribution in [0.5, 0.6) is 0 Å². The average molecular weight is 366 g/mol. The van der Waals surface area contributed by atoms with Crippen LogP contribution < -0.4 is 12.4 Å². The topological polar surface area (TPSA) is 18.5 Å². The van der Waals surface area contributed by atoms with Crippen LogP contribution in [0.1, 0.15) is 78.1 Å². The van der Waals surface area contributed by atoms with Crippen LogP contribution in [0, 0.1) is 0 Å². The minimum Gasteiger partial charge on any atom is -1.00 e. The van der Waals surface area contributed by atoms with E-state index in [1.807, 2.05) is 0 Å². The molecule has 0 N–H and O–H groups in total. The van der Waals surface area contributed by atoms with Crippen molar-refractivity contribution in [2.75, 3.05) is 53.6 Å². The fourth-order valence-corrected chi connectivity index (χ4v) is 2.67. The molecule has 0 unspecified atom stereocenters. The number of unbranched alkanes of at least 4 members (excludes halogenated alkanes) is 8. The zero-order chi connectivity index (χ0) is 17.2. The summed E-state index contributed by atoms with van der Waals surface area (Å²) in [4.78, 5) is 0. The standard InChI is InChI=1S/C20H44NO2.ClH/c1-5-7-9-10-11-12-13-14-15-21(3,4)16-18-23-20-19-22-17-8-6-2;/h5-20H2,1-4H3;1H/q+1;/p-1. The predicted molar refractivity (Wildman–Crippen MR) is 101 cm³/mol. The molecule has 0 saturated carbocycles. The number of quaternary nitrogens is 1. The lowest BCUT2D eigenvalue weighted by Crippen LogP contribution is -3.00. The SMILES string of the molecule is CCCCCCCCCC[N+](C)(C)CCOCCOCCCC.[Cl-]. The van der Waals surface area contributed by atoms with Gasteiger partial charge in [0.15, 0.2) is 0 Å². The lowest BCUT2D eigenvalue weighted by Gasteiger charge is -2.29. The molecule has 0 rings (SSSR count). The fraction of sp³-hybridized carbons (Fsp3) is 1.00. The Morgan fingerprint density at radius 2 is 1.04 bits per heavy atom. The van der Waals surface area contributed by atoms with E-state index in [0.717, 1.165) is 43.9 Å². The van der Waals surface area contributed by atoms with E-state index in [-0.39, 0.29) is 12.4 Å². The molecule has 0 radical (unpaired) electrons. The molecular weight excluding hydrogens is 322 g/mol. The molecule has 0 atom stereocenters. The molecule has 0 saturated heterocycles. The maximum absolute atomic E-state index is 5.69. The summed E-state index contributed by atoms with van der Waals surface area (Å²) in [6.07, 6.45) is 13.5. The molecule has 0 heterocycles. The van der Waals surface area contributed by atoms with Gasteiger partial charge in [-0.2, -0.15) is 0 Å². The van der Waals surface area contributed by atoms with Gasteiger partial charge >= 0.3 is 0 Å². The molecule has 0 aliphatic carbocycles. The van der Waals surface area contributed by atoms with Crippen molar-refractivity contribution in [2.45, 2.75) is 78.1 Å². The maximum Gasteiger partial charge on any atom is 0.102 e. The third-order valence-electron chi connectivity index (χ3n) is 4.47. The number of nitrogens with zero attached hydrogens (tertiary/aromatic N) is 1. The molecule has 0 aliphatic heterocycles. The summed E-state index contributed by atoms with van der Waals surface area (Å²) in [5.74, 6) is 0. The van der Waals surface area contributed by atoms with E-state index < -0.39 is 0 Å². The highest BCUT2D eigenvalue weighted by Crippen LogP contribution is 2.10. The van der Waals surface area contributed by atoms with E-state index >= 15 is 0 Å². The number of halogens is 1. The van der Waals surface area contributed by atoms with Crippen LogP contribution in [0.25, 0.3) is 0 Å². The molecule has 0 aromatic heterocycles. The summed E-state index contributed by atoms with van der Waals surface area (Å²) in [7, 11) is 4.64. The van der Waals surface area contributed by atoms with Gasteiger partial charge in [-0.05, 0) is 19.3 Å². The summed E-state index contributed by atoms with van der Waals surface area (Å²) in [6, 6.07) is 0. The normalized spacial score (nSPS) is 11.5. The van der Waals surface area contributed by atoms with Crippen molar-refractivity contribution in [3.8, 4) is 0 Å². The lowest BCUT2D eigenvalue weighted by atomic mass is 10.1. The molecule has 148 valence electrons. The third kappa shape index (κ3) is 20.2. The third-order valence-corrected chi connectivity index (χ3v) is 4.47. The molecule has 0 spiro atoms. The van der Waals surface area contributed by atoms with E-state index in [9.17, 15) is 0 Å². The largest absolute Gasteiger partial charge is 1.00 e.